The molecule has 25 heavy (non-hydrogen) atoms. The Morgan fingerprint density at radius 3 is 2.28 bits per heavy atom. The second kappa shape index (κ2) is 8.60. The van der Waals surface area contributed by atoms with Crippen molar-refractivity contribution in [3.63, 3.8) is 0 Å². The van der Waals surface area contributed by atoms with Crippen LogP contribution in [0.15, 0.2) is 24.3 Å². The van der Waals surface area contributed by atoms with Gasteiger partial charge in [0.25, 0.3) is 0 Å². The van der Waals surface area contributed by atoms with E-state index >= 15 is 0 Å². The molecule has 0 bridgehead atoms. The first-order valence-corrected chi connectivity index (χ1v) is 9.46. The molecular formula is C21H27O3P. The van der Waals surface area contributed by atoms with Crippen LogP contribution in [0, 0.1) is 34.6 Å². The number of benzene rings is 2. The zero-order chi connectivity index (χ0) is 18.6. The summed E-state index contributed by atoms with van der Waals surface area (Å²) in [7, 11) is 1.77. The van der Waals surface area contributed by atoms with E-state index in [0.717, 1.165) is 33.3 Å². The number of rotatable bonds is 7. The molecule has 0 aliphatic rings. The number of ether oxygens (including phenoxy) is 2. The quantitative estimate of drug-likeness (QED) is 0.544. The summed E-state index contributed by atoms with van der Waals surface area (Å²) < 4.78 is 10.6. The van der Waals surface area contributed by atoms with Gasteiger partial charge in [0.1, 0.15) is 12.4 Å². The second-order valence-electron chi connectivity index (χ2n) is 6.41. The van der Waals surface area contributed by atoms with Crippen LogP contribution in [0.4, 0.5) is 0 Å². The number of methoxy groups -OCH3 is 1. The van der Waals surface area contributed by atoms with Crippen molar-refractivity contribution in [3.8, 4) is 5.75 Å². The molecule has 134 valence electrons. The summed E-state index contributed by atoms with van der Waals surface area (Å²) in [6.07, 6.45) is 0. The first-order chi connectivity index (χ1) is 11.8. The highest BCUT2D eigenvalue weighted by Gasteiger charge is 2.16. The van der Waals surface area contributed by atoms with E-state index in [1.807, 2.05) is 39.0 Å². The summed E-state index contributed by atoms with van der Waals surface area (Å²) >= 11 is 0. The summed E-state index contributed by atoms with van der Waals surface area (Å²) in [5, 5.41) is 1.07. The number of carbonyl (C=O) groups excluding carboxylic acids is 1. The van der Waals surface area contributed by atoms with Crippen molar-refractivity contribution in [2.24, 2.45) is 0 Å². The average molecular weight is 358 g/mol. The van der Waals surface area contributed by atoms with Crippen molar-refractivity contribution in [2.45, 2.75) is 34.6 Å². The SMILES string of the molecule is COCCOc1ccc(PC(=O)c2c(C)cc(C)c(C)c2C)c(C)c1. The fourth-order valence-corrected chi connectivity index (χ4v) is 4.12. The molecule has 1 atom stereocenters. The zero-order valence-corrected chi connectivity index (χ0v) is 16.9. The van der Waals surface area contributed by atoms with E-state index in [-0.39, 0.29) is 14.1 Å². The number of hydrogen-bond donors (Lipinski definition) is 0. The average Bonchev–Trinajstić information content (AvgIpc) is 2.55. The van der Waals surface area contributed by atoms with Crippen LogP contribution in [0.3, 0.4) is 0 Å². The van der Waals surface area contributed by atoms with Crippen LogP contribution in [0.1, 0.15) is 38.2 Å². The van der Waals surface area contributed by atoms with Gasteiger partial charge in [0.05, 0.1) is 6.61 Å². The molecule has 0 amide bonds. The number of carbonyl (C=O) groups is 1. The predicted molar refractivity (Wildman–Crippen MR) is 106 cm³/mol. The van der Waals surface area contributed by atoms with Crippen LogP contribution in [-0.4, -0.2) is 25.8 Å². The fourth-order valence-electron chi connectivity index (χ4n) is 2.93. The summed E-state index contributed by atoms with van der Waals surface area (Å²) in [5.74, 6) is 0.814. The number of hydrogen-bond acceptors (Lipinski definition) is 3. The Hall–Kier alpha value is -1.70. The smallest absolute Gasteiger partial charge is 0.186 e. The third-order valence-electron chi connectivity index (χ3n) is 4.59. The summed E-state index contributed by atoms with van der Waals surface area (Å²) in [6, 6.07) is 8.03. The normalized spacial score (nSPS) is 11.3. The minimum atomic E-state index is 0.120. The van der Waals surface area contributed by atoms with Gasteiger partial charge in [0, 0.05) is 12.7 Å². The van der Waals surface area contributed by atoms with Gasteiger partial charge in [-0.15, -0.1) is 0 Å². The molecule has 0 saturated heterocycles. The molecule has 0 spiro atoms. The topological polar surface area (TPSA) is 35.5 Å². The van der Waals surface area contributed by atoms with Gasteiger partial charge in [-0.2, -0.15) is 0 Å². The van der Waals surface area contributed by atoms with Crippen LogP contribution in [0.5, 0.6) is 5.75 Å². The van der Waals surface area contributed by atoms with E-state index in [1.165, 1.54) is 11.1 Å². The maximum Gasteiger partial charge on any atom is 0.186 e. The van der Waals surface area contributed by atoms with Crippen molar-refractivity contribution in [3.05, 3.63) is 57.6 Å². The summed E-state index contributed by atoms with van der Waals surface area (Å²) in [5.41, 5.74) is 6.78. The van der Waals surface area contributed by atoms with E-state index in [9.17, 15) is 4.79 Å². The Labute approximate surface area is 152 Å². The Morgan fingerprint density at radius 1 is 0.920 bits per heavy atom. The van der Waals surface area contributed by atoms with Gasteiger partial charge < -0.3 is 9.47 Å². The lowest BCUT2D eigenvalue weighted by atomic mass is 9.95. The van der Waals surface area contributed by atoms with Crippen molar-refractivity contribution >= 4 is 19.4 Å². The molecule has 2 rings (SSSR count). The van der Waals surface area contributed by atoms with Gasteiger partial charge in [0.15, 0.2) is 5.52 Å². The van der Waals surface area contributed by atoms with Gasteiger partial charge in [-0.3, -0.25) is 4.79 Å². The maximum atomic E-state index is 12.9. The lowest BCUT2D eigenvalue weighted by Crippen LogP contribution is -2.10. The lowest BCUT2D eigenvalue weighted by molar-refractivity contribution is 0.108. The third-order valence-corrected chi connectivity index (χ3v) is 5.89. The zero-order valence-electron chi connectivity index (χ0n) is 15.9. The second-order valence-corrected chi connectivity index (χ2v) is 7.65. The molecule has 0 saturated carbocycles. The standard InChI is InChI=1S/C21H27O3P/c1-13-11-15(3)20(17(5)16(13)4)21(22)25-19-8-7-18(12-14(19)2)24-10-9-23-6/h7-8,11-12,25H,9-10H2,1-6H3. The highest BCUT2D eigenvalue weighted by Crippen LogP contribution is 2.29. The molecule has 2 aromatic rings. The first-order valence-electron chi connectivity index (χ1n) is 8.46. The van der Waals surface area contributed by atoms with E-state index in [1.54, 1.807) is 7.11 Å². The minimum absolute atomic E-state index is 0.120. The van der Waals surface area contributed by atoms with Crippen LogP contribution >= 0.6 is 8.58 Å². The molecule has 0 N–H and O–H groups in total. The van der Waals surface area contributed by atoms with Crippen LogP contribution in [0.25, 0.3) is 0 Å². The molecule has 0 aliphatic carbocycles. The predicted octanol–water partition coefficient (Wildman–Crippen LogP) is 4.40. The van der Waals surface area contributed by atoms with Gasteiger partial charge in [-0.1, -0.05) is 12.1 Å². The molecule has 4 heteroatoms. The molecule has 3 nitrogen and oxygen atoms in total. The third kappa shape index (κ3) is 4.68. The van der Waals surface area contributed by atoms with E-state index in [2.05, 4.69) is 19.9 Å². The Morgan fingerprint density at radius 2 is 1.64 bits per heavy atom. The monoisotopic (exact) mass is 358 g/mol. The van der Waals surface area contributed by atoms with E-state index < -0.39 is 0 Å². The molecule has 0 aliphatic heterocycles. The van der Waals surface area contributed by atoms with Crippen LogP contribution in [-0.2, 0) is 4.74 Å². The fraction of sp³-hybridized carbons (Fsp3) is 0.381. The molecule has 0 radical (unpaired) electrons. The Bertz CT molecular complexity index is 781. The van der Waals surface area contributed by atoms with E-state index in [0.29, 0.717) is 13.2 Å². The molecule has 2 aromatic carbocycles. The summed E-state index contributed by atoms with van der Waals surface area (Å²) in [4.78, 5) is 12.9. The van der Waals surface area contributed by atoms with E-state index in [4.69, 9.17) is 9.47 Å². The first kappa shape index (κ1) is 19.6. The summed E-state index contributed by atoms with van der Waals surface area (Å²) in [6.45, 7) is 11.4. The molecule has 1 unspecified atom stereocenters. The minimum Gasteiger partial charge on any atom is -0.491 e. The van der Waals surface area contributed by atoms with Crippen LogP contribution in [0.2, 0.25) is 0 Å². The van der Waals surface area contributed by atoms with Crippen molar-refractivity contribution in [2.75, 3.05) is 20.3 Å². The Balaban J connectivity index is 2.20. The van der Waals surface area contributed by atoms with Gasteiger partial charge in [0.2, 0.25) is 0 Å². The maximum absolute atomic E-state index is 12.9. The molecule has 0 heterocycles. The molecule has 0 fully saturated rings. The highest BCUT2D eigenvalue weighted by molar-refractivity contribution is 7.66. The van der Waals surface area contributed by atoms with Crippen molar-refractivity contribution in [1.82, 2.24) is 0 Å². The van der Waals surface area contributed by atoms with Crippen molar-refractivity contribution < 1.29 is 14.3 Å². The molecular weight excluding hydrogens is 331 g/mol. The largest absolute Gasteiger partial charge is 0.491 e. The molecule has 0 aromatic heterocycles. The highest BCUT2D eigenvalue weighted by atomic mass is 31.1. The lowest BCUT2D eigenvalue weighted by Gasteiger charge is -2.15. The van der Waals surface area contributed by atoms with Crippen molar-refractivity contribution in [1.29, 1.82) is 0 Å². The van der Waals surface area contributed by atoms with Gasteiger partial charge in [-0.05, 0) is 88.5 Å². The van der Waals surface area contributed by atoms with Crippen LogP contribution < -0.4 is 10.0 Å². The van der Waals surface area contributed by atoms with Gasteiger partial charge in [-0.25, -0.2) is 0 Å². The van der Waals surface area contributed by atoms with Gasteiger partial charge >= 0.3 is 0 Å². The Kier molecular flexibility index (Phi) is 6.75. The number of aryl methyl sites for hydroxylation is 3.